The summed E-state index contributed by atoms with van der Waals surface area (Å²) in [5.74, 6) is -0.406. The number of nitriles is 1. The third kappa shape index (κ3) is 2.25. The molecule has 0 unspecified atom stereocenters. The molecule has 0 spiro atoms. The Balaban J connectivity index is 2.30. The Kier molecular flexibility index (Phi) is 3.67. The van der Waals surface area contributed by atoms with Crippen molar-refractivity contribution in [2.75, 3.05) is 0 Å². The standard InChI is InChI=1S/C17H13FN4/c1-2-12-7-3-6-10-16(12)22-17(15(11-19)20-21-22)13-8-4-5-9-14(13)18/h3-10H,2H2,1H3. The summed E-state index contributed by atoms with van der Waals surface area (Å²) in [6.45, 7) is 2.03. The number of halogens is 1. The van der Waals surface area contributed by atoms with Gasteiger partial charge in [0.2, 0.25) is 0 Å². The molecule has 5 heteroatoms. The number of aryl methyl sites for hydroxylation is 1. The van der Waals surface area contributed by atoms with Crippen molar-refractivity contribution in [3.05, 3.63) is 65.6 Å². The van der Waals surface area contributed by atoms with Crippen LogP contribution in [0, 0.1) is 17.1 Å². The predicted octanol–water partition coefficient (Wildman–Crippen LogP) is 3.51. The van der Waals surface area contributed by atoms with Crippen molar-refractivity contribution in [2.45, 2.75) is 13.3 Å². The highest BCUT2D eigenvalue weighted by Crippen LogP contribution is 2.28. The molecule has 22 heavy (non-hydrogen) atoms. The van der Waals surface area contributed by atoms with Crippen molar-refractivity contribution >= 4 is 0 Å². The molecule has 108 valence electrons. The minimum absolute atomic E-state index is 0.107. The van der Waals surface area contributed by atoms with Crippen LogP contribution in [0.5, 0.6) is 0 Å². The second-order valence-corrected chi connectivity index (χ2v) is 4.77. The van der Waals surface area contributed by atoms with Crippen molar-refractivity contribution in [1.29, 1.82) is 5.26 Å². The molecule has 4 nitrogen and oxygen atoms in total. The van der Waals surface area contributed by atoms with Gasteiger partial charge in [0.25, 0.3) is 0 Å². The van der Waals surface area contributed by atoms with E-state index in [4.69, 9.17) is 0 Å². The Bertz CT molecular complexity index is 861. The molecule has 0 fully saturated rings. The normalized spacial score (nSPS) is 10.4. The van der Waals surface area contributed by atoms with Crippen LogP contribution < -0.4 is 0 Å². The van der Waals surface area contributed by atoms with E-state index < -0.39 is 5.82 Å². The number of benzene rings is 2. The number of nitrogens with zero attached hydrogens (tertiary/aromatic N) is 4. The van der Waals surface area contributed by atoms with E-state index in [0.717, 1.165) is 17.7 Å². The average molecular weight is 292 g/mol. The SMILES string of the molecule is CCc1ccccc1-n1nnc(C#N)c1-c1ccccc1F. The van der Waals surface area contributed by atoms with Crippen LogP contribution in [0.3, 0.4) is 0 Å². The van der Waals surface area contributed by atoms with E-state index >= 15 is 0 Å². The second-order valence-electron chi connectivity index (χ2n) is 4.77. The largest absolute Gasteiger partial charge is 0.211 e. The summed E-state index contributed by atoms with van der Waals surface area (Å²) in [6, 6.07) is 16.0. The van der Waals surface area contributed by atoms with E-state index in [1.54, 1.807) is 18.2 Å². The molecule has 0 amide bonds. The summed E-state index contributed by atoms with van der Waals surface area (Å²) in [7, 11) is 0. The lowest BCUT2D eigenvalue weighted by molar-refractivity contribution is 0.629. The molecule has 0 aliphatic carbocycles. The maximum atomic E-state index is 14.2. The maximum Gasteiger partial charge on any atom is 0.191 e. The lowest BCUT2D eigenvalue weighted by atomic mass is 10.1. The Labute approximate surface area is 127 Å². The van der Waals surface area contributed by atoms with Gasteiger partial charge < -0.3 is 0 Å². The number of aromatic nitrogens is 3. The molecule has 3 rings (SSSR count). The minimum atomic E-state index is -0.406. The van der Waals surface area contributed by atoms with E-state index in [-0.39, 0.29) is 5.69 Å². The zero-order valence-corrected chi connectivity index (χ0v) is 12.0. The fraction of sp³-hybridized carbons (Fsp3) is 0.118. The van der Waals surface area contributed by atoms with Crippen LogP contribution >= 0.6 is 0 Å². The fourth-order valence-corrected chi connectivity index (χ4v) is 2.44. The molecule has 0 saturated carbocycles. The Morgan fingerprint density at radius 2 is 1.86 bits per heavy atom. The van der Waals surface area contributed by atoms with Crippen LogP contribution in [-0.4, -0.2) is 15.0 Å². The summed E-state index contributed by atoms with van der Waals surface area (Å²) in [4.78, 5) is 0. The Morgan fingerprint density at radius 1 is 1.14 bits per heavy atom. The summed E-state index contributed by atoms with van der Waals surface area (Å²) in [6.07, 6.45) is 0.800. The van der Waals surface area contributed by atoms with Gasteiger partial charge in [0.15, 0.2) is 5.69 Å². The van der Waals surface area contributed by atoms with Gasteiger partial charge in [-0.25, -0.2) is 9.07 Å². The number of hydrogen-bond acceptors (Lipinski definition) is 3. The lowest BCUT2D eigenvalue weighted by Gasteiger charge is -2.11. The monoisotopic (exact) mass is 292 g/mol. The van der Waals surface area contributed by atoms with Crippen LogP contribution in [-0.2, 0) is 6.42 Å². The quantitative estimate of drug-likeness (QED) is 0.742. The fourth-order valence-electron chi connectivity index (χ4n) is 2.44. The first-order valence-electron chi connectivity index (χ1n) is 6.95. The van der Waals surface area contributed by atoms with Crippen LogP contribution in [0.2, 0.25) is 0 Å². The van der Waals surface area contributed by atoms with Crippen LogP contribution in [0.1, 0.15) is 18.2 Å². The van der Waals surface area contributed by atoms with Crippen molar-refractivity contribution in [3.63, 3.8) is 0 Å². The summed E-state index contributed by atoms with van der Waals surface area (Å²) in [5, 5.41) is 17.2. The van der Waals surface area contributed by atoms with Crippen molar-refractivity contribution in [3.8, 4) is 23.0 Å². The van der Waals surface area contributed by atoms with Gasteiger partial charge in [-0.1, -0.05) is 42.5 Å². The van der Waals surface area contributed by atoms with Gasteiger partial charge in [-0.05, 0) is 30.2 Å². The predicted molar refractivity (Wildman–Crippen MR) is 80.8 cm³/mol. The summed E-state index contributed by atoms with van der Waals surface area (Å²) >= 11 is 0. The van der Waals surface area contributed by atoms with Gasteiger partial charge in [0.1, 0.15) is 17.6 Å². The Hall–Kier alpha value is -3.00. The maximum absolute atomic E-state index is 14.2. The van der Waals surface area contributed by atoms with Crippen molar-refractivity contribution < 1.29 is 4.39 Å². The van der Waals surface area contributed by atoms with Crippen molar-refractivity contribution in [2.24, 2.45) is 0 Å². The molecule has 0 N–H and O–H groups in total. The molecule has 1 heterocycles. The van der Waals surface area contributed by atoms with E-state index in [0.29, 0.717) is 11.3 Å². The Morgan fingerprint density at radius 3 is 2.59 bits per heavy atom. The van der Waals surface area contributed by atoms with Crippen LogP contribution in [0.25, 0.3) is 16.9 Å². The van der Waals surface area contributed by atoms with E-state index in [1.807, 2.05) is 37.3 Å². The van der Waals surface area contributed by atoms with E-state index in [1.165, 1.54) is 10.7 Å². The molecule has 0 bridgehead atoms. The molecule has 0 radical (unpaired) electrons. The molecule has 2 aromatic carbocycles. The molecule has 0 atom stereocenters. The minimum Gasteiger partial charge on any atom is -0.211 e. The number of para-hydroxylation sites is 1. The zero-order chi connectivity index (χ0) is 15.5. The third-order valence-electron chi connectivity index (χ3n) is 3.51. The first kappa shape index (κ1) is 14.0. The summed E-state index contributed by atoms with van der Waals surface area (Å²) in [5.41, 5.74) is 2.65. The van der Waals surface area contributed by atoms with E-state index in [9.17, 15) is 9.65 Å². The second kappa shape index (κ2) is 5.78. The molecule has 1 aromatic heterocycles. The number of hydrogen-bond donors (Lipinski definition) is 0. The topological polar surface area (TPSA) is 54.5 Å². The van der Waals surface area contributed by atoms with Crippen LogP contribution in [0.4, 0.5) is 4.39 Å². The molecule has 0 aliphatic rings. The van der Waals surface area contributed by atoms with Gasteiger partial charge in [0, 0.05) is 5.56 Å². The van der Waals surface area contributed by atoms with Gasteiger partial charge in [0.05, 0.1) is 5.69 Å². The van der Waals surface area contributed by atoms with E-state index in [2.05, 4.69) is 10.3 Å². The molecule has 0 aliphatic heterocycles. The molecule has 3 aromatic rings. The highest BCUT2D eigenvalue weighted by Gasteiger charge is 2.20. The highest BCUT2D eigenvalue weighted by molar-refractivity contribution is 5.68. The van der Waals surface area contributed by atoms with Gasteiger partial charge in [-0.3, -0.25) is 0 Å². The smallest absolute Gasteiger partial charge is 0.191 e. The van der Waals surface area contributed by atoms with Crippen LogP contribution in [0.15, 0.2) is 48.5 Å². The molecule has 0 saturated heterocycles. The third-order valence-corrected chi connectivity index (χ3v) is 3.51. The molecular weight excluding hydrogens is 279 g/mol. The highest BCUT2D eigenvalue weighted by atomic mass is 19.1. The molecular formula is C17H13FN4. The first-order valence-corrected chi connectivity index (χ1v) is 6.95. The number of rotatable bonds is 3. The average Bonchev–Trinajstić information content (AvgIpc) is 2.98. The van der Waals surface area contributed by atoms with Gasteiger partial charge in [-0.15, -0.1) is 5.10 Å². The van der Waals surface area contributed by atoms with Gasteiger partial charge in [-0.2, -0.15) is 5.26 Å². The summed E-state index contributed by atoms with van der Waals surface area (Å²) < 4.78 is 15.7. The zero-order valence-electron chi connectivity index (χ0n) is 12.0. The van der Waals surface area contributed by atoms with Gasteiger partial charge >= 0.3 is 0 Å². The lowest BCUT2D eigenvalue weighted by Crippen LogP contribution is -2.04. The van der Waals surface area contributed by atoms with Crippen molar-refractivity contribution in [1.82, 2.24) is 15.0 Å². The first-order chi connectivity index (χ1) is 10.8.